The van der Waals surface area contributed by atoms with E-state index in [0.717, 1.165) is 21.7 Å². The van der Waals surface area contributed by atoms with Crippen LogP contribution < -0.4 is 5.73 Å². The molecule has 0 radical (unpaired) electrons. The Balaban J connectivity index is 1.92. The first-order valence-corrected chi connectivity index (χ1v) is 8.37. The van der Waals surface area contributed by atoms with Gasteiger partial charge in [0, 0.05) is 14.4 Å². The van der Waals surface area contributed by atoms with Gasteiger partial charge in [0.2, 0.25) is 0 Å². The molecule has 0 aliphatic carbocycles. The highest BCUT2D eigenvalue weighted by molar-refractivity contribution is 7.28. The number of nitrogen functional groups attached to an aromatic ring is 1. The number of H-pyrrole nitrogens is 1. The Labute approximate surface area is 134 Å². The number of nitrogens with two attached hydrogens (primary N) is 1. The standard InChI is InChI=1S/C15H10ClN3S2/c16-9-3-1-2-8(6-9)13-14(18-19-15(13)17)12-7-11-10(21-12)4-5-20-11/h1-7H,(H3,17,18,19). The summed E-state index contributed by atoms with van der Waals surface area (Å²) < 4.78 is 2.56. The number of nitrogens with one attached hydrogen (secondary N) is 1. The van der Waals surface area contributed by atoms with Gasteiger partial charge in [-0.05, 0) is 35.2 Å². The first kappa shape index (κ1) is 12.9. The summed E-state index contributed by atoms with van der Waals surface area (Å²) in [6.45, 7) is 0. The molecule has 3 N–H and O–H groups in total. The number of aromatic amines is 1. The van der Waals surface area contributed by atoms with E-state index in [1.807, 2.05) is 24.3 Å². The molecule has 3 aromatic heterocycles. The average Bonchev–Trinajstić information content (AvgIpc) is 3.11. The lowest BCUT2D eigenvalue weighted by Gasteiger charge is -2.03. The largest absolute Gasteiger partial charge is 0.382 e. The van der Waals surface area contributed by atoms with Crippen LogP contribution in [0.4, 0.5) is 5.82 Å². The fourth-order valence-electron chi connectivity index (χ4n) is 2.36. The van der Waals surface area contributed by atoms with E-state index in [1.54, 1.807) is 22.7 Å². The van der Waals surface area contributed by atoms with Gasteiger partial charge in [-0.25, -0.2) is 0 Å². The Morgan fingerprint density at radius 2 is 2.05 bits per heavy atom. The monoisotopic (exact) mass is 331 g/mol. The maximum atomic E-state index is 6.09. The predicted octanol–water partition coefficient (Wildman–Crippen LogP) is 5.26. The third-order valence-electron chi connectivity index (χ3n) is 3.29. The summed E-state index contributed by atoms with van der Waals surface area (Å²) in [6.07, 6.45) is 0. The van der Waals surface area contributed by atoms with Gasteiger partial charge in [-0.2, -0.15) is 5.10 Å². The van der Waals surface area contributed by atoms with Crippen molar-refractivity contribution in [1.29, 1.82) is 0 Å². The smallest absolute Gasteiger partial charge is 0.153 e. The highest BCUT2D eigenvalue weighted by Gasteiger charge is 2.17. The van der Waals surface area contributed by atoms with E-state index in [9.17, 15) is 0 Å². The number of nitrogens with zero attached hydrogens (tertiary/aromatic N) is 1. The third kappa shape index (κ3) is 2.14. The van der Waals surface area contributed by atoms with E-state index in [0.29, 0.717) is 10.8 Å². The van der Waals surface area contributed by atoms with Crippen molar-refractivity contribution in [2.45, 2.75) is 0 Å². The summed E-state index contributed by atoms with van der Waals surface area (Å²) in [5.74, 6) is 0.490. The van der Waals surface area contributed by atoms with Crippen LogP contribution in [0.25, 0.3) is 31.1 Å². The predicted molar refractivity (Wildman–Crippen MR) is 92.1 cm³/mol. The van der Waals surface area contributed by atoms with Crippen molar-refractivity contribution in [3.63, 3.8) is 0 Å². The molecule has 4 aromatic rings. The molecule has 0 aliphatic rings. The molecule has 104 valence electrons. The molecule has 0 saturated carbocycles. The van der Waals surface area contributed by atoms with Gasteiger partial charge in [0.15, 0.2) is 5.82 Å². The van der Waals surface area contributed by atoms with Crippen molar-refractivity contribution < 1.29 is 0 Å². The summed E-state index contributed by atoms with van der Waals surface area (Å²) in [4.78, 5) is 1.14. The van der Waals surface area contributed by atoms with E-state index in [-0.39, 0.29) is 0 Å². The molecule has 0 unspecified atom stereocenters. The van der Waals surface area contributed by atoms with Gasteiger partial charge in [0.25, 0.3) is 0 Å². The van der Waals surface area contributed by atoms with E-state index in [1.165, 1.54) is 9.40 Å². The van der Waals surface area contributed by atoms with Crippen molar-refractivity contribution in [2.75, 3.05) is 5.73 Å². The van der Waals surface area contributed by atoms with Crippen LogP contribution >= 0.6 is 34.3 Å². The maximum absolute atomic E-state index is 6.09. The number of anilines is 1. The van der Waals surface area contributed by atoms with Gasteiger partial charge in [-0.3, -0.25) is 5.10 Å². The molecule has 6 heteroatoms. The Hall–Kier alpha value is -1.82. The first-order chi connectivity index (χ1) is 10.2. The Kier molecular flexibility index (Phi) is 2.99. The van der Waals surface area contributed by atoms with Crippen LogP contribution in [0.3, 0.4) is 0 Å². The topological polar surface area (TPSA) is 54.7 Å². The van der Waals surface area contributed by atoms with Crippen molar-refractivity contribution in [2.24, 2.45) is 0 Å². The van der Waals surface area contributed by atoms with Gasteiger partial charge in [-0.15, -0.1) is 22.7 Å². The van der Waals surface area contributed by atoms with Crippen LogP contribution in [0, 0.1) is 0 Å². The van der Waals surface area contributed by atoms with E-state index < -0.39 is 0 Å². The molecule has 1 aromatic carbocycles. The van der Waals surface area contributed by atoms with Crippen molar-refractivity contribution in [3.8, 4) is 21.7 Å². The maximum Gasteiger partial charge on any atom is 0.153 e. The van der Waals surface area contributed by atoms with E-state index in [2.05, 4.69) is 27.7 Å². The second-order valence-electron chi connectivity index (χ2n) is 4.63. The Morgan fingerprint density at radius 1 is 1.14 bits per heavy atom. The summed E-state index contributed by atoms with van der Waals surface area (Å²) in [5, 5.41) is 10.0. The van der Waals surface area contributed by atoms with E-state index >= 15 is 0 Å². The zero-order valence-electron chi connectivity index (χ0n) is 10.8. The van der Waals surface area contributed by atoms with Crippen LogP contribution in [0.1, 0.15) is 0 Å². The second kappa shape index (κ2) is 4.87. The fraction of sp³-hybridized carbons (Fsp3) is 0. The molecule has 21 heavy (non-hydrogen) atoms. The Morgan fingerprint density at radius 3 is 2.86 bits per heavy atom. The van der Waals surface area contributed by atoms with Gasteiger partial charge in [-0.1, -0.05) is 23.7 Å². The molecule has 0 spiro atoms. The lowest BCUT2D eigenvalue weighted by atomic mass is 10.0. The molecule has 0 atom stereocenters. The Bertz CT molecular complexity index is 907. The summed E-state index contributed by atoms with van der Waals surface area (Å²) in [5.41, 5.74) is 8.88. The van der Waals surface area contributed by atoms with Crippen LogP contribution in [0.5, 0.6) is 0 Å². The summed E-state index contributed by atoms with van der Waals surface area (Å²) in [6, 6.07) is 12.0. The lowest BCUT2D eigenvalue weighted by Crippen LogP contribution is -1.88. The number of hydrogen-bond acceptors (Lipinski definition) is 4. The molecule has 0 amide bonds. The van der Waals surface area contributed by atoms with Gasteiger partial charge in [0.05, 0.1) is 16.1 Å². The van der Waals surface area contributed by atoms with Gasteiger partial charge >= 0.3 is 0 Å². The zero-order valence-corrected chi connectivity index (χ0v) is 13.1. The number of rotatable bonds is 2. The highest BCUT2D eigenvalue weighted by atomic mass is 35.5. The van der Waals surface area contributed by atoms with Crippen molar-refractivity contribution in [1.82, 2.24) is 10.2 Å². The number of aromatic nitrogens is 2. The van der Waals surface area contributed by atoms with Crippen LogP contribution in [0.2, 0.25) is 5.02 Å². The molecular formula is C15H10ClN3S2. The molecule has 0 fully saturated rings. The second-order valence-corrected chi connectivity index (χ2v) is 7.10. The fourth-order valence-corrected chi connectivity index (χ4v) is 4.66. The quantitative estimate of drug-likeness (QED) is 0.526. The minimum absolute atomic E-state index is 0.490. The minimum atomic E-state index is 0.490. The normalized spacial score (nSPS) is 11.3. The molecular weight excluding hydrogens is 322 g/mol. The molecule has 0 saturated heterocycles. The van der Waals surface area contributed by atoms with Gasteiger partial charge in [0.1, 0.15) is 0 Å². The number of thiophene rings is 2. The van der Waals surface area contributed by atoms with Crippen LogP contribution in [0.15, 0.2) is 41.8 Å². The van der Waals surface area contributed by atoms with Crippen molar-refractivity contribution in [3.05, 3.63) is 46.8 Å². The molecule has 3 heterocycles. The van der Waals surface area contributed by atoms with Crippen LogP contribution in [-0.4, -0.2) is 10.2 Å². The number of benzene rings is 1. The number of hydrogen-bond donors (Lipinski definition) is 2. The molecule has 3 nitrogen and oxygen atoms in total. The molecule has 0 aliphatic heterocycles. The number of halogens is 1. The SMILES string of the molecule is Nc1n[nH]c(-c2cc3sccc3s2)c1-c1cccc(Cl)c1. The van der Waals surface area contributed by atoms with Crippen molar-refractivity contribution >= 4 is 49.5 Å². The van der Waals surface area contributed by atoms with Crippen LogP contribution in [-0.2, 0) is 0 Å². The third-order valence-corrected chi connectivity index (χ3v) is 5.64. The average molecular weight is 332 g/mol. The lowest BCUT2D eigenvalue weighted by molar-refractivity contribution is 1.11. The highest BCUT2D eigenvalue weighted by Crippen LogP contribution is 2.41. The zero-order chi connectivity index (χ0) is 14.4. The van der Waals surface area contributed by atoms with Gasteiger partial charge < -0.3 is 5.73 Å². The van der Waals surface area contributed by atoms with E-state index in [4.69, 9.17) is 17.3 Å². The number of fused-ring (bicyclic) bond motifs is 1. The minimum Gasteiger partial charge on any atom is -0.382 e. The molecule has 4 rings (SSSR count). The summed E-state index contributed by atoms with van der Waals surface area (Å²) >= 11 is 9.56. The summed E-state index contributed by atoms with van der Waals surface area (Å²) in [7, 11) is 0. The first-order valence-electron chi connectivity index (χ1n) is 6.29. The molecule has 0 bridgehead atoms.